The molecule has 0 saturated heterocycles. The standard InChI is InChI=1S/C46H38N4/c1-27-7-13-43-39(19-27)41-25-47-17-15-45(41)49(43)33-9-11-35(29(3)21-33)37-23-32(6)38(24-31(37)5)36-12-10-34(22-30(36)4)50-44-14-8-28(2)20-40(44)42-26-48-18-16-46(42)50/h7-26H,1-6H3. The smallest absolute Gasteiger partial charge is 0.0571 e. The molecule has 0 aliphatic carbocycles. The predicted molar refractivity (Wildman–Crippen MR) is 210 cm³/mol. The maximum atomic E-state index is 4.45. The average Bonchev–Trinajstić information content (AvgIpc) is 3.61. The molecule has 0 saturated carbocycles. The highest BCUT2D eigenvalue weighted by Gasteiger charge is 2.17. The molecule has 0 bridgehead atoms. The SMILES string of the molecule is Cc1ccc2c(c1)c1cnccc1n2-c1ccc(-c2cc(C)c(-c3ccc(-n4c5ccncc5c5cc(C)ccc54)cc3C)cc2C)c(C)c1. The van der Waals surface area contributed by atoms with Crippen molar-refractivity contribution in [2.45, 2.75) is 41.5 Å². The van der Waals surface area contributed by atoms with Crippen LogP contribution in [0, 0.1) is 41.5 Å². The molecule has 0 aliphatic heterocycles. The van der Waals surface area contributed by atoms with Crippen LogP contribution < -0.4 is 0 Å². The Morgan fingerprint density at radius 3 is 1.18 bits per heavy atom. The highest BCUT2D eigenvalue weighted by atomic mass is 15.0. The van der Waals surface area contributed by atoms with Crippen LogP contribution in [0.25, 0.3) is 77.2 Å². The number of rotatable bonds is 4. The van der Waals surface area contributed by atoms with E-state index < -0.39 is 0 Å². The van der Waals surface area contributed by atoms with Crippen LogP contribution in [0.3, 0.4) is 0 Å². The summed E-state index contributed by atoms with van der Waals surface area (Å²) < 4.78 is 4.74. The van der Waals surface area contributed by atoms with Crippen LogP contribution in [0.15, 0.2) is 122 Å². The number of aromatic nitrogens is 4. The summed E-state index contributed by atoms with van der Waals surface area (Å²) in [6.45, 7) is 13.2. The molecule has 4 heterocycles. The molecular weight excluding hydrogens is 609 g/mol. The lowest BCUT2D eigenvalue weighted by Gasteiger charge is -2.18. The Bertz CT molecular complexity index is 2630. The van der Waals surface area contributed by atoms with Crippen LogP contribution in [-0.4, -0.2) is 19.1 Å². The fraction of sp³-hybridized carbons (Fsp3) is 0.130. The first-order valence-corrected chi connectivity index (χ1v) is 17.3. The molecular formula is C46H38N4. The van der Waals surface area contributed by atoms with Crippen molar-refractivity contribution < 1.29 is 0 Å². The molecule has 0 atom stereocenters. The Kier molecular flexibility index (Phi) is 6.79. The van der Waals surface area contributed by atoms with Gasteiger partial charge in [0.15, 0.2) is 0 Å². The first-order chi connectivity index (χ1) is 24.3. The van der Waals surface area contributed by atoms with Crippen molar-refractivity contribution >= 4 is 43.6 Å². The van der Waals surface area contributed by atoms with E-state index in [2.05, 4.69) is 158 Å². The van der Waals surface area contributed by atoms with Crippen molar-refractivity contribution in [2.75, 3.05) is 0 Å². The quantitative estimate of drug-likeness (QED) is 0.191. The molecule has 0 fully saturated rings. The van der Waals surface area contributed by atoms with Gasteiger partial charge in [-0.1, -0.05) is 47.5 Å². The third-order valence-corrected chi connectivity index (χ3v) is 10.5. The van der Waals surface area contributed by atoms with Crippen LogP contribution in [0.1, 0.15) is 33.4 Å². The summed E-state index contributed by atoms with van der Waals surface area (Å²) in [6, 6.07) is 36.1. The third kappa shape index (κ3) is 4.59. The van der Waals surface area contributed by atoms with Crippen LogP contribution >= 0.6 is 0 Å². The van der Waals surface area contributed by atoms with Gasteiger partial charge in [0.1, 0.15) is 0 Å². The Labute approximate surface area is 292 Å². The van der Waals surface area contributed by atoms with Crippen molar-refractivity contribution in [1.82, 2.24) is 19.1 Å². The first-order valence-electron chi connectivity index (χ1n) is 17.3. The second kappa shape index (κ2) is 11.3. The zero-order chi connectivity index (χ0) is 34.3. The van der Waals surface area contributed by atoms with Crippen molar-refractivity contribution in [1.29, 1.82) is 0 Å². The summed E-state index contributed by atoms with van der Waals surface area (Å²) in [5.41, 5.74) is 19.7. The highest BCUT2D eigenvalue weighted by Crippen LogP contribution is 2.39. The minimum atomic E-state index is 1.16. The second-order valence-electron chi connectivity index (χ2n) is 14.0. The van der Waals surface area contributed by atoms with Gasteiger partial charge in [-0.2, -0.15) is 0 Å². The lowest BCUT2D eigenvalue weighted by molar-refractivity contribution is 1.16. The molecule has 0 unspecified atom stereocenters. The Balaban J connectivity index is 1.10. The molecule has 9 aromatic rings. The number of benzene rings is 5. The summed E-state index contributed by atoms with van der Waals surface area (Å²) in [7, 11) is 0. The Hall–Kier alpha value is -6.00. The monoisotopic (exact) mass is 646 g/mol. The van der Waals surface area contributed by atoms with E-state index in [1.54, 1.807) is 0 Å². The molecule has 4 heteroatoms. The van der Waals surface area contributed by atoms with E-state index in [1.165, 1.54) is 99.2 Å². The van der Waals surface area contributed by atoms with Crippen molar-refractivity contribution in [3.8, 4) is 33.6 Å². The number of nitrogens with zero attached hydrogens (tertiary/aromatic N) is 4. The van der Waals surface area contributed by atoms with Crippen molar-refractivity contribution in [3.63, 3.8) is 0 Å². The zero-order valence-corrected chi connectivity index (χ0v) is 29.3. The van der Waals surface area contributed by atoms with E-state index in [-0.39, 0.29) is 0 Å². The highest BCUT2D eigenvalue weighted by molar-refractivity contribution is 6.10. The predicted octanol–water partition coefficient (Wildman–Crippen LogP) is 11.9. The summed E-state index contributed by atoms with van der Waals surface area (Å²) in [6.07, 6.45) is 7.75. The second-order valence-corrected chi connectivity index (χ2v) is 14.0. The van der Waals surface area contributed by atoms with E-state index in [4.69, 9.17) is 0 Å². The fourth-order valence-electron chi connectivity index (χ4n) is 8.09. The number of hydrogen-bond acceptors (Lipinski definition) is 2. The van der Waals surface area contributed by atoms with E-state index in [0.29, 0.717) is 0 Å². The van der Waals surface area contributed by atoms with Gasteiger partial charge < -0.3 is 9.13 Å². The lowest BCUT2D eigenvalue weighted by Crippen LogP contribution is -1.98. The molecule has 242 valence electrons. The number of aryl methyl sites for hydroxylation is 6. The van der Waals surface area contributed by atoms with Gasteiger partial charge in [0.05, 0.1) is 22.1 Å². The third-order valence-electron chi connectivity index (χ3n) is 10.5. The van der Waals surface area contributed by atoms with Gasteiger partial charge in [-0.15, -0.1) is 0 Å². The number of pyridine rings is 2. The van der Waals surface area contributed by atoms with E-state index >= 15 is 0 Å². The van der Waals surface area contributed by atoms with Gasteiger partial charge in [-0.05, 0) is 147 Å². The van der Waals surface area contributed by atoms with Crippen molar-refractivity contribution in [3.05, 3.63) is 155 Å². The van der Waals surface area contributed by atoms with Gasteiger partial charge >= 0.3 is 0 Å². The van der Waals surface area contributed by atoms with E-state index in [0.717, 1.165) is 11.4 Å². The van der Waals surface area contributed by atoms with Gasteiger partial charge in [0.2, 0.25) is 0 Å². The molecule has 50 heavy (non-hydrogen) atoms. The van der Waals surface area contributed by atoms with Gasteiger partial charge in [-0.3, -0.25) is 9.97 Å². The molecule has 5 aromatic carbocycles. The number of fused-ring (bicyclic) bond motifs is 6. The molecule has 0 radical (unpaired) electrons. The van der Waals surface area contributed by atoms with Gasteiger partial charge in [0, 0.05) is 57.7 Å². The maximum Gasteiger partial charge on any atom is 0.0571 e. The van der Waals surface area contributed by atoms with Gasteiger partial charge in [-0.25, -0.2) is 0 Å². The average molecular weight is 647 g/mol. The lowest BCUT2D eigenvalue weighted by atomic mass is 9.89. The van der Waals surface area contributed by atoms with Gasteiger partial charge in [0.25, 0.3) is 0 Å². The summed E-state index contributed by atoms with van der Waals surface area (Å²) >= 11 is 0. The zero-order valence-electron chi connectivity index (χ0n) is 29.3. The molecule has 0 aliphatic rings. The maximum absolute atomic E-state index is 4.45. The molecule has 0 spiro atoms. The summed E-state index contributed by atoms with van der Waals surface area (Å²) in [5.74, 6) is 0. The molecule has 9 rings (SSSR count). The van der Waals surface area contributed by atoms with Crippen LogP contribution in [0.4, 0.5) is 0 Å². The molecule has 4 aromatic heterocycles. The minimum Gasteiger partial charge on any atom is -0.309 e. The summed E-state index contributed by atoms with van der Waals surface area (Å²) in [4.78, 5) is 8.89. The van der Waals surface area contributed by atoms with Crippen LogP contribution in [0.5, 0.6) is 0 Å². The topological polar surface area (TPSA) is 35.6 Å². The Morgan fingerprint density at radius 1 is 0.360 bits per heavy atom. The molecule has 4 nitrogen and oxygen atoms in total. The fourth-order valence-corrected chi connectivity index (χ4v) is 8.09. The largest absolute Gasteiger partial charge is 0.309 e. The molecule has 0 amide bonds. The van der Waals surface area contributed by atoms with Crippen LogP contribution in [0.2, 0.25) is 0 Å². The normalized spacial score (nSPS) is 11.8. The minimum absolute atomic E-state index is 1.16. The van der Waals surface area contributed by atoms with E-state index in [9.17, 15) is 0 Å². The van der Waals surface area contributed by atoms with E-state index in [1.807, 2.05) is 24.8 Å². The van der Waals surface area contributed by atoms with Crippen molar-refractivity contribution in [2.24, 2.45) is 0 Å². The number of hydrogen-bond donors (Lipinski definition) is 0. The summed E-state index contributed by atoms with van der Waals surface area (Å²) in [5, 5.41) is 4.84. The van der Waals surface area contributed by atoms with Crippen LogP contribution in [-0.2, 0) is 0 Å². The molecule has 0 N–H and O–H groups in total. The first kappa shape index (κ1) is 30.1. The Morgan fingerprint density at radius 2 is 0.760 bits per heavy atom.